The second-order valence-electron chi connectivity index (χ2n) is 10.5. The number of carbonyl (C=O) groups is 2. The zero-order valence-corrected chi connectivity index (χ0v) is 24.1. The third-order valence-electron chi connectivity index (χ3n) is 7.15. The molecule has 35 heavy (non-hydrogen) atoms. The first kappa shape index (κ1) is 34.3. The quantitative estimate of drug-likeness (QED) is 0.102. The molecule has 0 aromatic rings. The predicted molar refractivity (Wildman–Crippen MR) is 152 cm³/mol. The van der Waals surface area contributed by atoms with Crippen LogP contribution in [-0.2, 0) is 9.59 Å². The average molecular weight is 515 g/mol. The second-order valence-corrected chi connectivity index (χ2v) is 11.6. The number of rotatable bonds is 28. The molecule has 0 bridgehead atoms. The first-order valence-corrected chi connectivity index (χ1v) is 16.2. The highest BCUT2D eigenvalue weighted by Crippen LogP contribution is 2.22. The Morgan fingerprint density at radius 3 is 1.00 bits per heavy atom. The van der Waals surface area contributed by atoms with Crippen molar-refractivity contribution in [1.29, 1.82) is 0 Å². The maximum absolute atomic E-state index is 11.6. The first-order valence-electron chi connectivity index (χ1n) is 15.1. The van der Waals surface area contributed by atoms with E-state index in [4.69, 9.17) is 0 Å². The van der Waals surface area contributed by atoms with E-state index < -0.39 is 11.9 Å². The van der Waals surface area contributed by atoms with E-state index in [1.807, 2.05) is 0 Å². The summed E-state index contributed by atoms with van der Waals surface area (Å²) < 4.78 is 0. The topological polar surface area (TPSA) is 74.6 Å². The van der Waals surface area contributed by atoms with Gasteiger partial charge in [-0.3, -0.25) is 9.59 Å². The minimum atomic E-state index is -0.727. The van der Waals surface area contributed by atoms with E-state index in [1.165, 1.54) is 114 Å². The van der Waals surface area contributed by atoms with Crippen LogP contribution in [0.4, 0.5) is 0 Å². The first-order chi connectivity index (χ1) is 17.0. The van der Waals surface area contributed by atoms with Crippen molar-refractivity contribution in [1.82, 2.24) is 0 Å². The highest BCUT2D eigenvalue weighted by molar-refractivity contribution is 7.99. The maximum atomic E-state index is 11.6. The van der Waals surface area contributed by atoms with Gasteiger partial charge in [0.1, 0.15) is 0 Å². The molecule has 208 valence electrons. The van der Waals surface area contributed by atoms with Crippen LogP contribution in [0.15, 0.2) is 0 Å². The van der Waals surface area contributed by atoms with Gasteiger partial charge in [-0.2, -0.15) is 11.8 Å². The van der Waals surface area contributed by atoms with Crippen LogP contribution in [0.5, 0.6) is 0 Å². The summed E-state index contributed by atoms with van der Waals surface area (Å²) in [5.74, 6) is -1.07. The molecule has 0 aromatic heterocycles. The third kappa shape index (κ3) is 23.4. The SMILES string of the molecule is CCCCCCCCCCCCC(CSCC(CCCCCCCCCCCC)C(=O)O)C(=O)O. The van der Waals surface area contributed by atoms with E-state index in [9.17, 15) is 19.8 Å². The molecule has 0 heterocycles. The monoisotopic (exact) mass is 514 g/mol. The van der Waals surface area contributed by atoms with Crippen molar-refractivity contribution in [2.24, 2.45) is 11.8 Å². The van der Waals surface area contributed by atoms with Crippen LogP contribution in [0.3, 0.4) is 0 Å². The lowest BCUT2D eigenvalue weighted by atomic mass is 10.0. The lowest BCUT2D eigenvalue weighted by Crippen LogP contribution is -2.20. The molecular weight excluding hydrogens is 456 g/mol. The van der Waals surface area contributed by atoms with Crippen molar-refractivity contribution < 1.29 is 19.8 Å². The summed E-state index contributed by atoms with van der Waals surface area (Å²) in [5, 5.41) is 19.1. The van der Waals surface area contributed by atoms with Gasteiger partial charge in [-0.05, 0) is 12.8 Å². The Hall–Kier alpha value is -0.710. The van der Waals surface area contributed by atoms with Crippen LogP contribution in [-0.4, -0.2) is 33.7 Å². The van der Waals surface area contributed by atoms with Gasteiger partial charge >= 0.3 is 11.9 Å². The summed E-state index contributed by atoms with van der Waals surface area (Å²) in [6, 6.07) is 0. The summed E-state index contributed by atoms with van der Waals surface area (Å²) in [6.07, 6.45) is 26.5. The van der Waals surface area contributed by atoms with Gasteiger partial charge in [-0.15, -0.1) is 0 Å². The minimum Gasteiger partial charge on any atom is -0.481 e. The molecule has 0 radical (unpaired) electrons. The third-order valence-corrected chi connectivity index (χ3v) is 8.42. The number of carboxylic acids is 2. The van der Waals surface area contributed by atoms with Gasteiger partial charge in [0.15, 0.2) is 0 Å². The van der Waals surface area contributed by atoms with Gasteiger partial charge in [-0.25, -0.2) is 0 Å². The molecule has 0 aliphatic heterocycles. The molecule has 0 aliphatic rings. The molecule has 0 aromatic carbocycles. The summed E-state index contributed by atoms with van der Waals surface area (Å²) in [5.41, 5.74) is 0. The van der Waals surface area contributed by atoms with E-state index >= 15 is 0 Å². The van der Waals surface area contributed by atoms with Crippen molar-refractivity contribution >= 4 is 23.7 Å². The van der Waals surface area contributed by atoms with Crippen molar-refractivity contribution in [2.75, 3.05) is 11.5 Å². The molecular formula is C30H58O4S. The average Bonchev–Trinajstić information content (AvgIpc) is 2.83. The molecule has 0 aliphatic carbocycles. The van der Waals surface area contributed by atoms with E-state index in [2.05, 4.69) is 13.8 Å². The molecule has 5 heteroatoms. The van der Waals surface area contributed by atoms with Gasteiger partial charge < -0.3 is 10.2 Å². The number of unbranched alkanes of at least 4 members (excludes halogenated alkanes) is 18. The van der Waals surface area contributed by atoms with Crippen molar-refractivity contribution in [3.8, 4) is 0 Å². The molecule has 0 fully saturated rings. The zero-order chi connectivity index (χ0) is 26.0. The largest absolute Gasteiger partial charge is 0.481 e. The van der Waals surface area contributed by atoms with E-state index in [0.717, 1.165) is 38.5 Å². The van der Waals surface area contributed by atoms with Gasteiger partial charge in [0.25, 0.3) is 0 Å². The fourth-order valence-corrected chi connectivity index (χ4v) is 5.99. The fraction of sp³-hybridized carbons (Fsp3) is 0.933. The van der Waals surface area contributed by atoms with Crippen LogP contribution in [0.1, 0.15) is 155 Å². The van der Waals surface area contributed by atoms with Gasteiger partial charge in [0.2, 0.25) is 0 Å². The molecule has 0 amide bonds. The standard InChI is InChI=1S/C30H58O4S/c1-3-5-7-9-11-13-15-17-19-21-23-27(29(31)32)25-35-26-28(30(33)34)24-22-20-18-16-14-12-10-8-6-4-2/h27-28H,3-26H2,1-2H3,(H,31,32)(H,33,34). The number of hydrogen-bond donors (Lipinski definition) is 2. The number of thioether (sulfide) groups is 1. The van der Waals surface area contributed by atoms with Crippen LogP contribution >= 0.6 is 11.8 Å². The zero-order valence-electron chi connectivity index (χ0n) is 23.2. The Labute approximate surface area is 221 Å². The summed E-state index contributed by atoms with van der Waals surface area (Å²) in [4.78, 5) is 23.3. The number of hydrogen-bond acceptors (Lipinski definition) is 3. The number of carboxylic acid groups (broad SMARTS) is 2. The second kappa shape index (κ2) is 26.4. The van der Waals surface area contributed by atoms with Crippen LogP contribution in [0, 0.1) is 11.8 Å². The lowest BCUT2D eigenvalue weighted by molar-refractivity contribution is -0.141. The van der Waals surface area contributed by atoms with Crippen molar-refractivity contribution in [2.45, 2.75) is 155 Å². The highest BCUT2D eigenvalue weighted by Gasteiger charge is 2.21. The Morgan fingerprint density at radius 2 is 0.743 bits per heavy atom. The van der Waals surface area contributed by atoms with Crippen molar-refractivity contribution in [3.05, 3.63) is 0 Å². The molecule has 0 saturated heterocycles. The van der Waals surface area contributed by atoms with Crippen LogP contribution < -0.4 is 0 Å². The Balaban J connectivity index is 3.85. The molecule has 0 rings (SSSR count). The highest BCUT2D eigenvalue weighted by atomic mass is 32.2. The Bertz CT molecular complexity index is 441. The van der Waals surface area contributed by atoms with Crippen LogP contribution in [0.2, 0.25) is 0 Å². The molecule has 2 unspecified atom stereocenters. The Morgan fingerprint density at radius 1 is 0.486 bits per heavy atom. The summed E-state index contributed by atoms with van der Waals surface area (Å²) in [7, 11) is 0. The van der Waals surface area contributed by atoms with E-state index in [1.54, 1.807) is 0 Å². The van der Waals surface area contributed by atoms with E-state index in [-0.39, 0.29) is 11.8 Å². The van der Waals surface area contributed by atoms with Crippen molar-refractivity contribution in [3.63, 3.8) is 0 Å². The fourth-order valence-electron chi connectivity index (χ4n) is 4.67. The van der Waals surface area contributed by atoms with E-state index in [0.29, 0.717) is 11.5 Å². The van der Waals surface area contributed by atoms with Gasteiger partial charge in [-0.1, -0.05) is 142 Å². The maximum Gasteiger partial charge on any atom is 0.307 e. The Kier molecular flexibility index (Phi) is 25.8. The van der Waals surface area contributed by atoms with Gasteiger partial charge in [0.05, 0.1) is 11.8 Å². The molecule has 2 atom stereocenters. The smallest absolute Gasteiger partial charge is 0.307 e. The number of aliphatic carboxylic acids is 2. The minimum absolute atomic E-state index is 0.346. The normalized spacial score (nSPS) is 13.1. The molecule has 4 nitrogen and oxygen atoms in total. The summed E-state index contributed by atoms with van der Waals surface area (Å²) >= 11 is 1.53. The van der Waals surface area contributed by atoms with Gasteiger partial charge in [0, 0.05) is 11.5 Å². The molecule has 0 saturated carbocycles. The molecule has 0 spiro atoms. The molecule has 2 N–H and O–H groups in total. The van der Waals surface area contributed by atoms with Crippen LogP contribution in [0.25, 0.3) is 0 Å². The lowest BCUT2D eigenvalue weighted by Gasteiger charge is -2.15. The predicted octanol–water partition coefficient (Wildman–Crippen LogP) is 9.74. The summed E-state index contributed by atoms with van der Waals surface area (Å²) in [6.45, 7) is 4.49.